The third-order valence-corrected chi connectivity index (χ3v) is 2.91. The number of nitrogens with one attached hydrogen (secondary N) is 2. The van der Waals surface area contributed by atoms with E-state index in [1.165, 1.54) is 0 Å². The van der Waals surface area contributed by atoms with Crippen molar-refractivity contribution in [3.05, 3.63) is 0 Å². The summed E-state index contributed by atoms with van der Waals surface area (Å²) in [7, 11) is 0. The topological polar surface area (TPSA) is 78.4 Å². The van der Waals surface area contributed by atoms with Gasteiger partial charge in [-0.2, -0.15) is 11.8 Å². The minimum atomic E-state index is -0.840. The van der Waals surface area contributed by atoms with Crippen LogP contribution in [0, 0.1) is 5.92 Å². The van der Waals surface area contributed by atoms with Gasteiger partial charge in [0, 0.05) is 19.0 Å². The molecule has 0 aromatic heterocycles. The molecule has 17 heavy (non-hydrogen) atoms. The summed E-state index contributed by atoms with van der Waals surface area (Å²) >= 11 is 1.75. The Morgan fingerprint density at radius 2 is 2.00 bits per heavy atom. The van der Waals surface area contributed by atoms with Gasteiger partial charge in [-0.05, 0) is 31.3 Å². The van der Waals surface area contributed by atoms with Gasteiger partial charge in [-0.1, -0.05) is 6.92 Å². The van der Waals surface area contributed by atoms with Crippen molar-refractivity contribution in [1.29, 1.82) is 0 Å². The number of carbonyl (C=O) groups excluding carboxylic acids is 1. The highest BCUT2D eigenvalue weighted by atomic mass is 32.2. The number of urea groups is 1. The highest BCUT2D eigenvalue weighted by Crippen LogP contribution is 2.01. The quantitative estimate of drug-likeness (QED) is 0.620. The van der Waals surface area contributed by atoms with E-state index in [4.69, 9.17) is 5.11 Å². The zero-order chi connectivity index (χ0) is 13.3. The van der Waals surface area contributed by atoms with E-state index >= 15 is 0 Å². The summed E-state index contributed by atoms with van der Waals surface area (Å²) < 4.78 is 0. The number of carbonyl (C=O) groups is 2. The van der Waals surface area contributed by atoms with E-state index in [0.717, 1.165) is 12.2 Å². The second-order valence-corrected chi connectivity index (χ2v) is 5.23. The molecule has 0 bridgehead atoms. The van der Waals surface area contributed by atoms with E-state index in [9.17, 15) is 9.59 Å². The van der Waals surface area contributed by atoms with Crippen LogP contribution in [0.2, 0.25) is 0 Å². The van der Waals surface area contributed by atoms with E-state index < -0.39 is 5.97 Å². The van der Waals surface area contributed by atoms with E-state index in [1.54, 1.807) is 18.7 Å². The van der Waals surface area contributed by atoms with Crippen LogP contribution in [0.5, 0.6) is 0 Å². The summed E-state index contributed by atoms with van der Waals surface area (Å²) in [6.07, 6.45) is 3.03. The molecule has 6 heteroatoms. The molecule has 0 aliphatic rings. The second-order valence-electron chi connectivity index (χ2n) is 4.24. The van der Waals surface area contributed by atoms with E-state index in [2.05, 4.69) is 10.6 Å². The van der Waals surface area contributed by atoms with Gasteiger partial charge in [0.05, 0.1) is 0 Å². The molecule has 0 saturated heterocycles. The van der Waals surface area contributed by atoms with Crippen molar-refractivity contribution in [2.75, 3.05) is 18.6 Å². The lowest BCUT2D eigenvalue weighted by Gasteiger charge is -2.15. The Labute approximate surface area is 107 Å². The molecule has 100 valence electrons. The molecular weight excluding hydrogens is 240 g/mol. The largest absolute Gasteiger partial charge is 0.481 e. The smallest absolute Gasteiger partial charge is 0.315 e. The number of thioether (sulfide) groups is 1. The lowest BCUT2D eigenvalue weighted by atomic mass is 10.1. The van der Waals surface area contributed by atoms with Crippen molar-refractivity contribution in [3.8, 4) is 0 Å². The lowest BCUT2D eigenvalue weighted by molar-refractivity contribution is -0.137. The molecule has 0 spiro atoms. The third-order valence-electron chi connectivity index (χ3n) is 2.27. The summed E-state index contributed by atoms with van der Waals surface area (Å²) in [5, 5.41) is 14.0. The van der Waals surface area contributed by atoms with Gasteiger partial charge >= 0.3 is 12.0 Å². The van der Waals surface area contributed by atoms with E-state index in [-0.39, 0.29) is 24.4 Å². The average molecular weight is 262 g/mol. The first-order valence-electron chi connectivity index (χ1n) is 5.70. The minimum absolute atomic E-state index is 0.0558. The molecule has 2 amide bonds. The van der Waals surface area contributed by atoms with Gasteiger partial charge in [-0.15, -0.1) is 0 Å². The molecule has 0 aromatic rings. The van der Waals surface area contributed by atoms with Gasteiger partial charge in [0.15, 0.2) is 0 Å². The van der Waals surface area contributed by atoms with Crippen molar-refractivity contribution in [2.45, 2.75) is 32.7 Å². The number of aliphatic carboxylic acids is 1. The van der Waals surface area contributed by atoms with Crippen LogP contribution in [0.15, 0.2) is 0 Å². The fourth-order valence-corrected chi connectivity index (χ4v) is 1.87. The van der Waals surface area contributed by atoms with Crippen molar-refractivity contribution in [2.24, 2.45) is 5.92 Å². The maximum atomic E-state index is 11.4. The van der Waals surface area contributed by atoms with Crippen LogP contribution in [-0.2, 0) is 4.79 Å². The Balaban J connectivity index is 3.68. The lowest BCUT2D eigenvalue weighted by Crippen LogP contribution is -2.42. The monoisotopic (exact) mass is 262 g/mol. The van der Waals surface area contributed by atoms with Crippen LogP contribution >= 0.6 is 11.8 Å². The van der Waals surface area contributed by atoms with Gasteiger partial charge in [0.2, 0.25) is 0 Å². The number of rotatable bonds is 8. The Bertz CT molecular complexity index is 249. The third kappa shape index (κ3) is 9.99. The van der Waals surface area contributed by atoms with Crippen LogP contribution in [0.1, 0.15) is 26.7 Å². The number of hydrogen-bond acceptors (Lipinski definition) is 3. The minimum Gasteiger partial charge on any atom is -0.481 e. The maximum Gasteiger partial charge on any atom is 0.315 e. The number of carboxylic acid groups (broad SMARTS) is 1. The summed E-state index contributed by atoms with van der Waals surface area (Å²) in [5.41, 5.74) is 0. The molecule has 0 heterocycles. The van der Waals surface area contributed by atoms with Crippen LogP contribution in [0.3, 0.4) is 0 Å². The standard InChI is InChI=1S/C11H22N2O3S/c1-8(6-10(14)15)7-12-11(16)13-9(2)4-5-17-3/h8-9H,4-7H2,1-3H3,(H,14,15)(H2,12,13,16). The van der Waals surface area contributed by atoms with E-state index in [0.29, 0.717) is 6.54 Å². The maximum absolute atomic E-state index is 11.4. The second kappa shape index (κ2) is 9.15. The highest BCUT2D eigenvalue weighted by molar-refractivity contribution is 7.98. The average Bonchev–Trinajstić information content (AvgIpc) is 2.22. The first-order valence-corrected chi connectivity index (χ1v) is 7.10. The highest BCUT2D eigenvalue weighted by Gasteiger charge is 2.10. The summed E-state index contributed by atoms with van der Waals surface area (Å²) in [5.74, 6) is 0.115. The SMILES string of the molecule is CSCCC(C)NC(=O)NCC(C)CC(=O)O. The normalized spacial score (nSPS) is 13.8. The Kier molecular flexibility index (Phi) is 8.66. The number of carboxylic acids is 1. The van der Waals surface area contributed by atoms with Crippen LogP contribution in [-0.4, -0.2) is 41.7 Å². The molecule has 0 aromatic carbocycles. The molecule has 2 atom stereocenters. The molecule has 0 aliphatic carbocycles. The van der Waals surface area contributed by atoms with Crippen LogP contribution in [0.25, 0.3) is 0 Å². The van der Waals surface area contributed by atoms with Crippen molar-refractivity contribution in [3.63, 3.8) is 0 Å². The predicted molar refractivity (Wildman–Crippen MR) is 70.4 cm³/mol. The zero-order valence-electron chi connectivity index (χ0n) is 10.7. The van der Waals surface area contributed by atoms with Gasteiger partial charge < -0.3 is 15.7 Å². The molecule has 0 radical (unpaired) electrons. The molecule has 0 aliphatic heterocycles. The van der Waals surface area contributed by atoms with Crippen molar-refractivity contribution < 1.29 is 14.7 Å². The molecule has 0 fully saturated rings. The van der Waals surface area contributed by atoms with Gasteiger partial charge in [-0.25, -0.2) is 4.79 Å². The fourth-order valence-electron chi connectivity index (χ4n) is 1.28. The molecule has 2 unspecified atom stereocenters. The summed E-state index contributed by atoms with van der Waals surface area (Å²) in [4.78, 5) is 21.9. The number of hydrogen-bond donors (Lipinski definition) is 3. The molecule has 5 nitrogen and oxygen atoms in total. The molecular formula is C11H22N2O3S. The molecule has 0 rings (SSSR count). The Hall–Kier alpha value is -0.910. The first-order chi connectivity index (χ1) is 7.95. The van der Waals surface area contributed by atoms with Crippen molar-refractivity contribution >= 4 is 23.8 Å². The van der Waals surface area contributed by atoms with Gasteiger partial charge in [0.25, 0.3) is 0 Å². The van der Waals surface area contributed by atoms with Gasteiger partial charge in [0.1, 0.15) is 0 Å². The van der Waals surface area contributed by atoms with Crippen LogP contribution in [0.4, 0.5) is 4.79 Å². The zero-order valence-corrected chi connectivity index (χ0v) is 11.5. The van der Waals surface area contributed by atoms with Crippen molar-refractivity contribution in [1.82, 2.24) is 10.6 Å². The fraction of sp³-hybridized carbons (Fsp3) is 0.818. The number of amides is 2. The predicted octanol–water partition coefficient (Wildman–Crippen LogP) is 1.54. The van der Waals surface area contributed by atoms with Gasteiger partial charge in [-0.3, -0.25) is 4.79 Å². The summed E-state index contributed by atoms with van der Waals surface area (Å²) in [6.45, 7) is 4.13. The Morgan fingerprint density at radius 3 is 2.53 bits per heavy atom. The Morgan fingerprint density at radius 1 is 1.35 bits per heavy atom. The summed E-state index contributed by atoms with van der Waals surface area (Å²) in [6, 6.07) is -0.0897. The molecule has 0 saturated carbocycles. The first kappa shape index (κ1) is 16.1. The van der Waals surface area contributed by atoms with Crippen LogP contribution < -0.4 is 10.6 Å². The molecule has 3 N–H and O–H groups in total. The van der Waals surface area contributed by atoms with E-state index in [1.807, 2.05) is 13.2 Å².